The van der Waals surface area contributed by atoms with Crippen LogP contribution in [0.25, 0.3) is 11.0 Å². The van der Waals surface area contributed by atoms with E-state index in [9.17, 15) is 18.5 Å². The first kappa shape index (κ1) is 22.6. The summed E-state index contributed by atoms with van der Waals surface area (Å²) in [6.45, 7) is 4.26. The van der Waals surface area contributed by atoms with Crippen LogP contribution in [0, 0.1) is 11.3 Å². The summed E-state index contributed by atoms with van der Waals surface area (Å²) in [6, 6.07) is 14.9. The Hall–Kier alpha value is -3.55. The van der Waals surface area contributed by atoms with Crippen molar-refractivity contribution >= 4 is 38.3 Å². The van der Waals surface area contributed by atoms with E-state index in [0.29, 0.717) is 35.6 Å². The Morgan fingerprint density at radius 3 is 2.21 bits per heavy atom. The topological polar surface area (TPSA) is 119 Å². The molecule has 33 heavy (non-hydrogen) atoms. The van der Waals surface area contributed by atoms with Crippen LogP contribution in [0.15, 0.2) is 53.4 Å². The SMILES string of the molecule is CC(=O)Nc1ccc(S(=O)(=O)[C@@H](C#N)c2nc3ccccc3nc2N2CCN(C)CC2)cc1. The molecule has 1 fully saturated rings. The van der Waals surface area contributed by atoms with Crippen LogP contribution in [0.2, 0.25) is 0 Å². The number of nitriles is 1. The van der Waals surface area contributed by atoms with Crippen LogP contribution in [-0.2, 0) is 14.6 Å². The Morgan fingerprint density at radius 2 is 1.64 bits per heavy atom. The molecule has 0 unspecified atom stereocenters. The average molecular weight is 465 g/mol. The molecular weight excluding hydrogens is 440 g/mol. The quantitative estimate of drug-likeness (QED) is 0.611. The molecular formula is C23H24N6O3S. The fraction of sp³-hybridized carbons (Fsp3) is 0.304. The van der Waals surface area contributed by atoms with E-state index in [1.807, 2.05) is 30.1 Å². The van der Waals surface area contributed by atoms with Gasteiger partial charge in [0.2, 0.25) is 15.7 Å². The number of hydrogen-bond acceptors (Lipinski definition) is 8. The van der Waals surface area contributed by atoms with Gasteiger partial charge in [0, 0.05) is 38.8 Å². The number of para-hydroxylation sites is 2. The number of carbonyl (C=O) groups excluding carboxylic acids is 1. The first-order chi connectivity index (χ1) is 15.8. The van der Waals surface area contributed by atoms with E-state index in [1.165, 1.54) is 31.2 Å². The van der Waals surface area contributed by atoms with E-state index < -0.39 is 15.1 Å². The van der Waals surface area contributed by atoms with Crippen molar-refractivity contribution in [3.8, 4) is 6.07 Å². The zero-order chi connectivity index (χ0) is 23.6. The summed E-state index contributed by atoms with van der Waals surface area (Å²) < 4.78 is 27.0. The summed E-state index contributed by atoms with van der Waals surface area (Å²) in [6.07, 6.45) is 0. The van der Waals surface area contributed by atoms with Gasteiger partial charge >= 0.3 is 0 Å². The van der Waals surface area contributed by atoms with Gasteiger partial charge in [0.1, 0.15) is 5.69 Å². The fourth-order valence-corrected chi connectivity index (χ4v) is 5.15. The molecule has 10 heteroatoms. The maximum atomic E-state index is 13.5. The minimum absolute atomic E-state index is 0.0255. The van der Waals surface area contributed by atoms with Crippen LogP contribution in [-0.4, -0.2) is 62.4 Å². The number of likely N-dealkylation sites (N-methyl/N-ethyl adjacent to an activating group) is 1. The van der Waals surface area contributed by atoms with Crippen molar-refractivity contribution < 1.29 is 13.2 Å². The number of nitrogens with zero attached hydrogens (tertiary/aromatic N) is 5. The Morgan fingerprint density at radius 1 is 1.03 bits per heavy atom. The third kappa shape index (κ3) is 4.65. The summed E-state index contributed by atoms with van der Waals surface area (Å²) in [5.41, 5.74) is 1.77. The molecule has 170 valence electrons. The van der Waals surface area contributed by atoms with Crippen LogP contribution in [0.5, 0.6) is 0 Å². The maximum absolute atomic E-state index is 13.5. The normalized spacial score (nSPS) is 15.7. The molecule has 2 aromatic carbocycles. The standard InChI is InChI=1S/C23H24N6O3S/c1-16(30)25-17-7-9-18(10-8-17)33(31,32)21(15-24)22-23(29-13-11-28(2)12-14-29)27-20-6-4-3-5-19(20)26-22/h3-10,21H,11-14H2,1-2H3,(H,25,30)/t21-/m0/s1. The third-order valence-electron chi connectivity index (χ3n) is 5.56. The van der Waals surface area contributed by atoms with Crippen LogP contribution in [0.3, 0.4) is 0 Å². The molecule has 1 saturated heterocycles. The van der Waals surface area contributed by atoms with Crippen LogP contribution in [0.4, 0.5) is 11.5 Å². The third-order valence-corrected chi connectivity index (χ3v) is 7.44. The van der Waals surface area contributed by atoms with E-state index >= 15 is 0 Å². The van der Waals surface area contributed by atoms with Gasteiger partial charge in [0.25, 0.3) is 0 Å². The number of benzene rings is 2. The van der Waals surface area contributed by atoms with E-state index in [4.69, 9.17) is 4.98 Å². The molecule has 1 amide bonds. The highest BCUT2D eigenvalue weighted by atomic mass is 32.2. The smallest absolute Gasteiger partial charge is 0.221 e. The predicted molar refractivity (Wildman–Crippen MR) is 126 cm³/mol. The van der Waals surface area contributed by atoms with E-state index in [2.05, 4.69) is 15.2 Å². The number of aromatic nitrogens is 2. The van der Waals surface area contributed by atoms with Crippen molar-refractivity contribution in [3.05, 3.63) is 54.2 Å². The number of nitrogens with one attached hydrogen (secondary N) is 1. The summed E-state index contributed by atoms with van der Waals surface area (Å²) >= 11 is 0. The highest BCUT2D eigenvalue weighted by molar-refractivity contribution is 7.92. The molecule has 0 spiro atoms. The Labute approximate surface area is 192 Å². The van der Waals surface area contributed by atoms with Gasteiger partial charge in [0.05, 0.1) is 22.0 Å². The van der Waals surface area contributed by atoms with Gasteiger partial charge in [-0.1, -0.05) is 12.1 Å². The monoisotopic (exact) mass is 464 g/mol. The molecule has 4 rings (SSSR count). The number of fused-ring (bicyclic) bond motifs is 1. The first-order valence-electron chi connectivity index (χ1n) is 10.5. The number of hydrogen-bond donors (Lipinski definition) is 1. The lowest BCUT2D eigenvalue weighted by Crippen LogP contribution is -2.45. The summed E-state index contributed by atoms with van der Waals surface area (Å²) in [5, 5.41) is 11.1. The van der Waals surface area contributed by atoms with E-state index in [1.54, 1.807) is 12.1 Å². The van der Waals surface area contributed by atoms with Gasteiger partial charge in [-0.15, -0.1) is 0 Å². The molecule has 2 heterocycles. The molecule has 1 N–H and O–H groups in total. The molecule has 0 bridgehead atoms. The van der Waals surface area contributed by atoms with Gasteiger partial charge in [-0.05, 0) is 43.4 Å². The lowest BCUT2D eigenvalue weighted by atomic mass is 10.2. The van der Waals surface area contributed by atoms with Gasteiger partial charge < -0.3 is 15.1 Å². The lowest BCUT2D eigenvalue weighted by molar-refractivity contribution is -0.114. The van der Waals surface area contributed by atoms with Crippen molar-refractivity contribution in [2.24, 2.45) is 0 Å². The van der Waals surface area contributed by atoms with Gasteiger partial charge in [-0.2, -0.15) is 5.26 Å². The van der Waals surface area contributed by atoms with Gasteiger partial charge in [0.15, 0.2) is 11.1 Å². The number of sulfone groups is 1. The molecule has 1 aromatic heterocycles. The summed E-state index contributed by atoms with van der Waals surface area (Å²) in [7, 11) is -2.08. The Balaban J connectivity index is 1.80. The van der Waals surface area contributed by atoms with Crippen LogP contribution in [0.1, 0.15) is 17.9 Å². The number of amides is 1. The Bertz CT molecular complexity index is 1330. The first-order valence-corrected chi connectivity index (χ1v) is 12.1. The molecule has 1 aliphatic heterocycles. The number of rotatable bonds is 5. The van der Waals surface area contributed by atoms with Crippen LogP contribution >= 0.6 is 0 Å². The van der Waals surface area contributed by atoms with Crippen LogP contribution < -0.4 is 10.2 Å². The zero-order valence-electron chi connectivity index (χ0n) is 18.4. The number of carbonyl (C=O) groups is 1. The highest BCUT2D eigenvalue weighted by Gasteiger charge is 2.35. The van der Waals surface area contributed by atoms with Crippen molar-refractivity contribution in [3.63, 3.8) is 0 Å². The second-order valence-electron chi connectivity index (χ2n) is 7.97. The van der Waals surface area contributed by atoms with Crippen molar-refractivity contribution in [2.45, 2.75) is 17.1 Å². The van der Waals surface area contributed by atoms with Crippen molar-refractivity contribution in [1.29, 1.82) is 5.26 Å². The van der Waals surface area contributed by atoms with Crippen molar-refractivity contribution in [2.75, 3.05) is 43.4 Å². The van der Waals surface area contributed by atoms with Gasteiger partial charge in [-0.25, -0.2) is 18.4 Å². The largest absolute Gasteiger partial charge is 0.352 e. The Kier molecular flexibility index (Phi) is 6.26. The molecule has 9 nitrogen and oxygen atoms in total. The fourth-order valence-electron chi connectivity index (χ4n) is 3.78. The molecule has 1 aliphatic rings. The zero-order valence-corrected chi connectivity index (χ0v) is 19.2. The second-order valence-corrected chi connectivity index (χ2v) is 10.0. The second kappa shape index (κ2) is 9.13. The minimum Gasteiger partial charge on any atom is -0.352 e. The molecule has 1 atom stereocenters. The molecule has 0 radical (unpaired) electrons. The van der Waals surface area contributed by atoms with Gasteiger partial charge in [-0.3, -0.25) is 4.79 Å². The number of anilines is 2. The summed E-state index contributed by atoms with van der Waals surface area (Å²) in [4.78, 5) is 24.7. The summed E-state index contributed by atoms with van der Waals surface area (Å²) in [5.74, 6) is 0.163. The number of piperazine rings is 1. The average Bonchev–Trinajstić information content (AvgIpc) is 2.79. The molecule has 0 aliphatic carbocycles. The van der Waals surface area contributed by atoms with E-state index in [0.717, 1.165) is 13.1 Å². The molecule has 0 saturated carbocycles. The lowest BCUT2D eigenvalue weighted by Gasteiger charge is -2.34. The van der Waals surface area contributed by atoms with Crippen molar-refractivity contribution in [1.82, 2.24) is 14.9 Å². The maximum Gasteiger partial charge on any atom is 0.221 e. The highest BCUT2D eigenvalue weighted by Crippen LogP contribution is 2.34. The minimum atomic E-state index is -4.10. The van der Waals surface area contributed by atoms with E-state index in [-0.39, 0.29) is 16.5 Å². The molecule has 3 aromatic rings. The predicted octanol–water partition coefficient (Wildman–Crippen LogP) is 2.38.